The van der Waals surface area contributed by atoms with Crippen LogP contribution in [0.1, 0.15) is 15.9 Å². The maximum atomic E-state index is 12.0. The molecule has 124 valence electrons. The number of aromatic nitrogens is 1. The van der Waals surface area contributed by atoms with Crippen LogP contribution in [0, 0.1) is 0 Å². The highest BCUT2D eigenvalue weighted by Gasteiger charge is 2.16. The third-order valence-electron chi connectivity index (χ3n) is 3.86. The fourth-order valence-corrected chi connectivity index (χ4v) is 2.56. The number of H-pyrrole nitrogens is 1. The number of amides is 2. The number of piperazine rings is 1. The minimum Gasteiger partial charge on any atom is -0.360 e. The molecular formula is C17H18N4O3. The van der Waals surface area contributed by atoms with Crippen molar-refractivity contribution in [3.05, 3.63) is 64.1 Å². The van der Waals surface area contributed by atoms with Crippen LogP contribution in [0.3, 0.4) is 0 Å². The summed E-state index contributed by atoms with van der Waals surface area (Å²) in [6.07, 6.45) is 1.48. The van der Waals surface area contributed by atoms with Crippen molar-refractivity contribution in [2.24, 2.45) is 0 Å². The Balaban J connectivity index is 1.60. The molecule has 24 heavy (non-hydrogen) atoms. The first-order valence-electron chi connectivity index (χ1n) is 7.70. The van der Waals surface area contributed by atoms with E-state index in [4.69, 9.17) is 0 Å². The van der Waals surface area contributed by atoms with Gasteiger partial charge in [-0.15, -0.1) is 0 Å². The lowest BCUT2D eigenvalue weighted by Gasteiger charge is -2.28. The Morgan fingerprint density at radius 3 is 2.67 bits per heavy atom. The van der Waals surface area contributed by atoms with E-state index >= 15 is 0 Å². The molecule has 3 rings (SSSR count). The van der Waals surface area contributed by atoms with Crippen molar-refractivity contribution in [2.75, 3.05) is 24.5 Å². The molecular weight excluding hydrogens is 308 g/mol. The average Bonchev–Trinajstić information content (AvgIpc) is 2.60. The van der Waals surface area contributed by atoms with E-state index in [9.17, 15) is 14.4 Å². The van der Waals surface area contributed by atoms with Gasteiger partial charge in [0.05, 0.1) is 6.54 Å². The van der Waals surface area contributed by atoms with Gasteiger partial charge in [-0.3, -0.25) is 14.4 Å². The predicted molar refractivity (Wildman–Crippen MR) is 89.9 cm³/mol. The summed E-state index contributed by atoms with van der Waals surface area (Å²) in [5.41, 5.74) is 1.57. The van der Waals surface area contributed by atoms with Crippen molar-refractivity contribution in [1.82, 2.24) is 15.6 Å². The van der Waals surface area contributed by atoms with Gasteiger partial charge < -0.3 is 20.5 Å². The van der Waals surface area contributed by atoms with Crippen molar-refractivity contribution in [3.8, 4) is 0 Å². The lowest BCUT2D eigenvalue weighted by atomic mass is 10.1. The lowest BCUT2D eigenvalue weighted by molar-refractivity contribution is -0.120. The largest absolute Gasteiger partial charge is 0.360 e. The monoisotopic (exact) mass is 326 g/mol. The maximum Gasteiger partial charge on any atom is 0.260 e. The number of pyridine rings is 1. The summed E-state index contributed by atoms with van der Waals surface area (Å²) in [7, 11) is 0. The summed E-state index contributed by atoms with van der Waals surface area (Å²) in [6, 6.07) is 10.7. The maximum absolute atomic E-state index is 12.0. The molecule has 0 spiro atoms. The van der Waals surface area contributed by atoms with E-state index in [1.807, 2.05) is 29.2 Å². The van der Waals surface area contributed by atoms with Crippen molar-refractivity contribution in [1.29, 1.82) is 0 Å². The standard InChI is InChI=1S/C17H18N4O3/c22-15-11-21(9-8-18-15)13-5-3-12(4-6-13)10-20-17(24)14-2-1-7-19-16(14)23/h1-7H,8-11H2,(H,18,22)(H,19,23)(H,20,24). The molecule has 1 saturated heterocycles. The van der Waals surface area contributed by atoms with Crippen molar-refractivity contribution in [3.63, 3.8) is 0 Å². The number of carbonyl (C=O) groups is 2. The molecule has 0 aliphatic carbocycles. The van der Waals surface area contributed by atoms with Crippen molar-refractivity contribution < 1.29 is 9.59 Å². The first kappa shape index (κ1) is 15.8. The molecule has 2 aromatic rings. The third-order valence-corrected chi connectivity index (χ3v) is 3.86. The van der Waals surface area contributed by atoms with Gasteiger partial charge in [-0.2, -0.15) is 0 Å². The van der Waals surface area contributed by atoms with E-state index in [0.717, 1.165) is 17.8 Å². The van der Waals surface area contributed by atoms with Crippen LogP contribution in [-0.2, 0) is 11.3 Å². The summed E-state index contributed by atoms with van der Waals surface area (Å²) < 4.78 is 0. The number of anilines is 1. The summed E-state index contributed by atoms with van der Waals surface area (Å²) >= 11 is 0. The number of benzene rings is 1. The first-order chi connectivity index (χ1) is 11.6. The van der Waals surface area contributed by atoms with Crippen LogP contribution in [-0.4, -0.2) is 36.4 Å². The number of hydrogen-bond acceptors (Lipinski definition) is 4. The van der Waals surface area contributed by atoms with Crippen LogP contribution in [0.2, 0.25) is 0 Å². The highest BCUT2D eigenvalue weighted by Crippen LogP contribution is 2.16. The fraction of sp³-hybridized carbons (Fsp3) is 0.235. The smallest absolute Gasteiger partial charge is 0.260 e. The van der Waals surface area contributed by atoms with E-state index in [1.54, 1.807) is 6.07 Å². The SMILES string of the molecule is O=C1CN(c2ccc(CNC(=O)c3ccc[nH]c3=O)cc2)CCN1. The van der Waals surface area contributed by atoms with Gasteiger partial charge in [0.15, 0.2) is 0 Å². The van der Waals surface area contributed by atoms with E-state index < -0.39 is 11.5 Å². The Bertz CT molecular complexity index is 798. The van der Waals surface area contributed by atoms with Gasteiger partial charge in [-0.25, -0.2) is 0 Å². The van der Waals surface area contributed by atoms with Crippen molar-refractivity contribution in [2.45, 2.75) is 6.54 Å². The molecule has 2 amide bonds. The van der Waals surface area contributed by atoms with Gasteiger partial charge in [-0.1, -0.05) is 12.1 Å². The van der Waals surface area contributed by atoms with Crippen LogP contribution in [0.25, 0.3) is 0 Å². The predicted octanol–water partition coefficient (Wildman–Crippen LogP) is 0.241. The Hall–Kier alpha value is -3.09. The zero-order valence-corrected chi connectivity index (χ0v) is 13.0. The highest BCUT2D eigenvalue weighted by molar-refractivity contribution is 5.93. The molecule has 1 aromatic carbocycles. The minimum atomic E-state index is -0.409. The zero-order chi connectivity index (χ0) is 16.9. The summed E-state index contributed by atoms with van der Waals surface area (Å²) in [5.74, 6) is -0.390. The van der Waals surface area contributed by atoms with E-state index in [0.29, 0.717) is 19.6 Å². The van der Waals surface area contributed by atoms with Gasteiger partial charge in [-0.05, 0) is 29.8 Å². The summed E-state index contributed by atoms with van der Waals surface area (Å²) in [4.78, 5) is 39.5. The molecule has 0 unspecified atom stereocenters. The number of nitrogens with zero attached hydrogens (tertiary/aromatic N) is 1. The molecule has 1 fully saturated rings. The Labute approximate surface area is 138 Å². The zero-order valence-electron chi connectivity index (χ0n) is 13.0. The number of hydrogen-bond donors (Lipinski definition) is 3. The Morgan fingerprint density at radius 1 is 1.17 bits per heavy atom. The lowest BCUT2D eigenvalue weighted by Crippen LogP contribution is -2.47. The topological polar surface area (TPSA) is 94.3 Å². The number of nitrogens with one attached hydrogen (secondary N) is 3. The van der Waals surface area contributed by atoms with Crippen LogP contribution in [0.5, 0.6) is 0 Å². The fourth-order valence-electron chi connectivity index (χ4n) is 2.56. The van der Waals surface area contributed by atoms with Crippen LogP contribution in [0.4, 0.5) is 5.69 Å². The van der Waals surface area contributed by atoms with Gasteiger partial charge in [0, 0.05) is 31.5 Å². The summed E-state index contributed by atoms with van der Waals surface area (Å²) in [5, 5.41) is 5.52. The van der Waals surface area contributed by atoms with E-state index in [-0.39, 0.29) is 11.5 Å². The molecule has 0 bridgehead atoms. The van der Waals surface area contributed by atoms with Gasteiger partial charge in [0.1, 0.15) is 5.56 Å². The second-order valence-corrected chi connectivity index (χ2v) is 5.53. The molecule has 0 saturated carbocycles. The molecule has 0 radical (unpaired) electrons. The van der Waals surface area contributed by atoms with Crippen LogP contribution in [0.15, 0.2) is 47.4 Å². The molecule has 1 aliphatic heterocycles. The molecule has 1 aliphatic rings. The second kappa shape index (κ2) is 6.99. The van der Waals surface area contributed by atoms with Gasteiger partial charge >= 0.3 is 0 Å². The van der Waals surface area contributed by atoms with Gasteiger partial charge in [0.2, 0.25) is 5.91 Å². The molecule has 1 aromatic heterocycles. The number of rotatable bonds is 4. The Kier molecular flexibility index (Phi) is 4.60. The number of aromatic amines is 1. The van der Waals surface area contributed by atoms with Crippen LogP contribution < -0.4 is 21.1 Å². The summed E-state index contributed by atoms with van der Waals surface area (Å²) in [6.45, 7) is 2.10. The normalized spacial score (nSPS) is 14.2. The quantitative estimate of drug-likeness (QED) is 0.750. The number of carbonyl (C=O) groups excluding carboxylic acids is 2. The molecule has 2 heterocycles. The minimum absolute atomic E-state index is 0.0191. The van der Waals surface area contributed by atoms with E-state index in [1.165, 1.54) is 12.3 Å². The Morgan fingerprint density at radius 2 is 1.96 bits per heavy atom. The molecule has 7 heteroatoms. The highest BCUT2D eigenvalue weighted by atomic mass is 16.2. The third kappa shape index (κ3) is 3.62. The van der Waals surface area contributed by atoms with Crippen LogP contribution >= 0.6 is 0 Å². The van der Waals surface area contributed by atoms with Crippen molar-refractivity contribution >= 4 is 17.5 Å². The molecule has 0 atom stereocenters. The second-order valence-electron chi connectivity index (χ2n) is 5.53. The average molecular weight is 326 g/mol. The molecule has 7 nitrogen and oxygen atoms in total. The van der Waals surface area contributed by atoms with E-state index in [2.05, 4.69) is 15.6 Å². The first-order valence-corrected chi connectivity index (χ1v) is 7.70. The van der Waals surface area contributed by atoms with Gasteiger partial charge in [0.25, 0.3) is 11.5 Å². The molecule has 3 N–H and O–H groups in total.